The van der Waals surface area contributed by atoms with E-state index >= 15 is 0 Å². The minimum absolute atomic E-state index is 0.0430. The molecule has 1 aliphatic heterocycles. The van der Waals surface area contributed by atoms with E-state index in [1.54, 1.807) is 18.5 Å². The van der Waals surface area contributed by atoms with E-state index in [0.717, 1.165) is 24.2 Å². The predicted octanol–water partition coefficient (Wildman–Crippen LogP) is 1.94. The van der Waals surface area contributed by atoms with Crippen LogP contribution in [0.1, 0.15) is 16.9 Å². The van der Waals surface area contributed by atoms with Gasteiger partial charge < -0.3 is 10.2 Å². The lowest BCUT2D eigenvalue weighted by atomic mass is 10.1. The Morgan fingerprint density at radius 1 is 1.08 bits per heavy atom. The molecule has 1 aromatic carbocycles. The number of carbonyl (C=O) groups is 1. The molecule has 2 aromatic heterocycles. The molecule has 0 bridgehead atoms. The third-order valence-electron chi connectivity index (χ3n) is 4.33. The van der Waals surface area contributed by atoms with Gasteiger partial charge in [0.15, 0.2) is 0 Å². The topological polar surface area (TPSA) is 83.9 Å². The molecule has 0 spiro atoms. The molecule has 1 fully saturated rings. The second-order valence-corrected chi connectivity index (χ2v) is 6.11. The van der Waals surface area contributed by atoms with Gasteiger partial charge in [-0.25, -0.2) is 19.9 Å². The molecular weight excluding hydrogens is 328 g/mol. The van der Waals surface area contributed by atoms with Gasteiger partial charge in [-0.3, -0.25) is 4.79 Å². The normalized spacial score (nSPS) is 16.5. The molecule has 4 rings (SSSR count). The van der Waals surface area contributed by atoms with Gasteiger partial charge in [0.2, 0.25) is 5.95 Å². The smallest absolute Gasteiger partial charge is 0.270 e. The van der Waals surface area contributed by atoms with Crippen molar-refractivity contribution in [2.75, 3.05) is 18.0 Å². The van der Waals surface area contributed by atoms with E-state index in [0.29, 0.717) is 18.2 Å². The Hall–Kier alpha value is -3.35. The van der Waals surface area contributed by atoms with Crippen molar-refractivity contribution < 1.29 is 4.79 Å². The van der Waals surface area contributed by atoms with Crippen LogP contribution >= 0.6 is 0 Å². The van der Waals surface area contributed by atoms with Crippen LogP contribution in [0.3, 0.4) is 0 Å². The van der Waals surface area contributed by atoms with Crippen LogP contribution in [0.25, 0.3) is 11.3 Å². The highest BCUT2D eigenvalue weighted by Gasteiger charge is 2.26. The van der Waals surface area contributed by atoms with Gasteiger partial charge in [-0.05, 0) is 18.6 Å². The quantitative estimate of drug-likeness (QED) is 0.777. The summed E-state index contributed by atoms with van der Waals surface area (Å²) >= 11 is 0. The Labute approximate surface area is 151 Å². The molecule has 0 aliphatic carbocycles. The first-order chi connectivity index (χ1) is 12.8. The van der Waals surface area contributed by atoms with Crippen molar-refractivity contribution >= 4 is 11.9 Å². The van der Waals surface area contributed by atoms with Crippen molar-refractivity contribution in [2.45, 2.75) is 12.5 Å². The predicted molar refractivity (Wildman–Crippen MR) is 97.6 cm³/mol. The highest BCUT2D eigenvalue weighted by Crippen LogP contribution is 2.21. The lowest BCUT2D eigenvalue weighted by Gasteiger charge is -2.17. The Morgan fingerprint density at radius 2 is 1.96 bits per heavy atom. The van der Waals surface area contributed by atoms with Crippen molar-refractivity contribution in [3.63, 3.8) is 0 Å². The van der Waals surface area contributed by atoms with Crippen LogP contribution in [0, 0.1) is 0 Å². The molecule has 1 amide bonds. The molecule has 0 radical (unpaired) electrons. The fourth-order valence-corrected chi connectivity index (χ4v) is 3.01. The molecular formula is C19H18N6O. The number of carbonyl (C=O) groups excluding carboxylic acids is 1. The fourth-order valence-electron chi connectivity index (χ4n) is 3.01. The second-order valence-electron chi connectivity index (χ2n) is 6.11. The largest absolute Gasteiger partial charge is 0.346 e. The van der Waals surface area contributed by atoms with Crippen LogP contribution < -0.4 is 10.2 Å². The maximum atomic E-state index is 12.2. The Kier molecular flexibility index (Phi) is 4.51. The number of hydrogen-bond acceptors (Lipinski definition) is 6. The summed E-state index contributed by atoms with van der Waals surface area (Å²) in [5, 5.41) is 3.01. The van der Waals surface area contributed by atoms with Gasteiger partial charge in [0.1, 0.15) is 12.0 Å². The molecule has 1 saturated heterocycles. The van der Waals surface area contributed by atoms with Crippen molar-refractivity contribution in [1.29, 1.82) is 0 Å². The average Bonchev–Trinajstić information content (AvgIpc) is 3.18. The first-order valence-electron chi connectivity index (χ1n) is 8.50. The zero-order valence-electron chi connectivity index (χ0n) is 14.1. The van der Waals surface area contributed by atoms with E-state index < -0.39 is 0 Å². The maximum Gasteiger partial charge on any atom is 0.270 e. The van der Waals surface area contributed by atoms with E-state index in [1.807, 2.05) is 36.4 Å². The standard InChI is InChI=1S/C19H18N6O/c26-18(17-6-9-20-13-22-17)23-15-8-11-25(12-15)19-21-10-7-16(24-19)14-4-2-1-3-5-14/h1-7,9-10,13,15H,8,11-12H2,(H,23,26). The van der Waals surface area contributed by atoms with E-state index in [2.05, 4.69) is 30.2 Å². The number of amides is 1. The molecule has 1 unspecified atom stereocenters. The van der Waals surface area contributed by atoms with Gasteiger partial charge in [-0.15, -0.1) is 0 Å². The molecule has 3 aromatic rings. The van der Waals surface area contributed by atoms with Gasteiger partial charge in [0.25, 0.3) is 5.91 Å². The van der Waals surface area contributed by atoms with Gasteiger partial charge >= 0.3 is 0 Å². The van der Waals surface area contributed by atoms with E-state index in [-0.39, 0.29) is 11.9 Å². The van der Waals surface area contributed by atoms with Crippen LogP contribution in [-0.2, 0) is 0 Å². The third-order valence-corrected chi connectivity index (χ3v) is 4.33. The van der Waals surface area contributed by atoms with Crippen LogP contribution in [-0.4, -0.2) is 45.0 Å². The Morgan fingerprint density at radius 3 is 2.77 bits per heavy atom. The molecule has 7 heteroatoms. The molecule has 0 saturated carbocycles. The SMILES string of the molecule is O=C(NC1CCN(c2nccc(-c3ccccc3)n2)C1)c1ccncn1. The van der Waals surface area contributed by atoms with Gasteiger partial charge in [0.05, 0.1) is 5.69 Å². The molecule has 1 aliphatic rings. The molecule has 3 heterocycles. The van der Waals surface area contributed by atoms with E-state index in [1.165, 1.54) is 6.33 Å². The molecule has 1 N–H and O–H groups in total. The molecule has 1 atom stereocenters. The number of hydrogen-bond donors (Lipinski definition) is 1. The fraction of sp³-hybridized carbons (Fsp3) is 0.211. The lowest BCUT2D eigenvalue weighted by Crippen LogP contribution is -2.37. The summed E-state index contributed by atoms with van der Waals surface area (Å²) in [4.78, 5) is 31.2. The number of nitrogens with zero attached hydrogens (tertiary/aromatic N) is 5. The Balaban J connectivity index is 1.43. The summed E-state index contributed by atoms with van der Waals surface area (Å²) < 4.78 is 0. The molecule has 130 valence electrons. The monoisotopic (exact) mass is 346 g/mol. The van der Waals surface area contributed by atoms with Crippen LogP contribution in [0.4, 0.5) is 5.95 Å². The van der Waals surface area contributed by atoms with Crippen molar-refractivity contribution in [1.82, 2.24) is 25.3 Å². The molecule has 26 heavy (non-hydrogen) atoms. The summed E-state index contributed by atoms with van der Waals surface area (Å²) in [6, 6.07) is 13.6. The number of rotatable bonds is 4. The van der Waals surface area contributed by atoms with Crippen LogP contribution in [0.2, 0.25) is 0 Å². The summed E-state index contributed by atoms with van der Waals surface area (Å²) in [5.41, 5.74) is 2.33. The van der Waals surface area contributed by atoms with Gasteiger partial charge in [0, 0.05) is 37.1 Å². The average molecular weight is 346 g/mol. The molecule has 7 nitrogen and oxygen atoms in total. The number of nitrogens with one attached hydrogen (secondary N) is 1. The van der Waals surface area contributed by atoms with E-state index in [4.69, 9.17) is 0 Å². The Bertz CT molecular complexity index is 887. The number of anilines is 1. The van der Waals surface area contributed by atoms with Crippen LogP contribution in [0.15, 0.2) is 61.2 Å². The summed E-state index contributed by atoms with van der Waals surface area (Å²) in [6.07, 6.45) is 5.55. The first kappa shape index (κ1) is 16.1. The second kappa shape index (κ2) is 7.26. The zero-order chi connectivity index (χ0) is 17.8. The summed E-state index contributed by atoms with van der Waals surface area (Å²) in [7, 11) is 0. The van der Waals surface area contributed by atoms with Crippen molar-refractivity contribution in [3.8, 4) is 11.3 Å². The van der Waals surface area contributed by atoms with Gasteiger partial charge in [-0.1, -0.05) is 30.3 Å². The summed E-state index contributed by atoms with van der Waals surface area (Å²) in [6.45, 7) is 1.47. The highest BCUT2D eigenvalue weighted by atomic mass is 16.2. The minimum Gasteiger partial charge on any atom is -0.346 e. The third kappa shape index (κ3) is 3.51. The van der Waals surface area contributed by atoms with Crippen LogP contribution in [0.5, 0.6) is 0 Å². The van der Waals surface area contributed by atoms with E-state index in [9.17, 15) is 4.79 Å². The lowest BCUT2D eigenvalue weighted by molar-refractivity contribution is 0.0935. The number of aromatic nitrogens is 4. The van der Waals surface area contributed by atoms with Crippen molar-refractivity contribution in [2.24, 2.45) is 0 Å². The maximum absolute atomic E-state index is 12.2. The number of benzene rings is 1. The highest BCUT2D eigenvalue weighted by molar-refractivity contribution is 5.92. The minimum atomic E-state index is -0.182. The first-order valence-corrected chi connectivity index (χ1v) is 8.50. The van der Waals surface area contributed by atoms with Gasteiger partial charge in [-0.2, -0.15) is 0 Å². The van der Waals surface area contributed by atoms with Crippen molar-refractivity contribution in [3.05, 3.63) is 66.9 Å². The zero-order valence-corrected chi connectivity index (χ0v) is 14.1. The summed E-state index contributed by atoms with van der Waals surface area (Å²) in [5.74, 6) is 0.503.